The molecule has 2 atom stereocenters. The first-order valence-electron chi connectivity index (χ1n) is 7.12. The van der Waals surface area contributed by atoms with E-state index in [0.29, 0.717) is 13.1 Å². The van der Waals surface area contributed by atoms with Crippen LogP contribution in [0.1, 0.15) is 27.2 Å². The summed E-state index contributed by atoms with van der Waals surface area (Å²) in [7, 11) is 0. The fourth-order valence-corrected chi connectivity index (χ4v) is 1.91. The Morgan fingerprint density at radius 3 is 2.60 bits per heavy atom. The molecule has 1 aliphatic heterocycles. The van der Waals surface area contributed by atoms with Crippen LogP contribution in [0.4, 0.5) is 4.79 Å². The maximum absolute atomic E-state index is 11.8. The number of hydrogen-bond donors (Lipinski definition) is 1. The van der Waals surface area contributed by atoms with Gasteiger partial charge in [-0.3, -0.25) is 0 Å². The molecule has 1 rings (SSSR count). The number of carbonyl (C=O) groups excluding carboxylic acids is 1. The predicted molar refractivity (Wildman–Crippen MR) is 82.5 cm³/mol. The fourth-order valence-electron chi connectivity index (χ4n) is 1.91. The van der Waals surface area contributed by atoms with Gasteiger partial charge in [0.2, 0.25) is 0 Å². The molecule has 1 heterocycles. The number of carbonyl (C=O) groups is 1. The lowest BCUT2D eigenvalue weighted by atomic mass is 10.0. The maximum Gasteiger partial charge on any atom is 0.410 e. The lowest BCUT2D eigenvalue weighted by molar-refractivity contribution is 0.106. The summed E-state index contributed by atoms with van der Waals surface area (Å²) in [6.07, 6.45) is 5.12. The molecule has 114 valence electrons. The van der Waals surface area contributed by atoms with Crippen molar-refractivity contribution in [1.82, 2.24) is 4.90 Å². The Morgan fingerprint density at radius 2 is 2.15 bits per heavy atom. The van der Waals surface area contributed by atoms with Crippen molar-refractivity contribution in [2.75, 3.05) is 19.7 Å². The second-order valence-corrected chi connectivity index (χ2v) is 4.47. The summed E-state index contributed by atoms with van der Waals surface area (Å²) in [6.45, 7) is 14.4. The molecule has 0 spiro atoms. The summed E-state index contributed by atoms with van der Waals surface area (Å²) in [5.41, 5.74) is 0.810. The Labute approximate surface area is 122 Å². The van der Waals surface area contributed by atoms with Gasteiger partial charge in [0.15, 0.2) is 0 Å². The molecular weight excluding hydrogens is 254 g/mol. The highest BCUT2D eigenvalue weighted by atomic mass is 16.6. The van der Waals surface area contributed by atoms with Gasteiger partial charge in [-0.15, -0.1) is 0 Å². The smallest absolute Gasteiger partial charge is 0.410 e. The van der Waals surface area contributed by atoms with Crippen LogP contribution in [0.2, 0.25) is 0 Å². The molecule has 0 aliphatic carbocycles. The van der Waals surface area contributed by atoms with Crippen LogP contribution in [-0.2, 0) is 4.74 Å². The van der Waals surface area contributed by atoms with E-state index in [9.17, 15) is 9.90 Å². The Hall–Kier alpha value is -1.55. The number of allylic oxidation sites excluding steroid dienone is 2. The molecule has 1 saturated heterocycles. The lowest BCUT2D eigenvalue weighted by Crippen LogP contribution is -2.31. The van der Waals surface area contributed by atoms with Gasteiger partial charge in [-0.1, -0.05) is 45.2 Å². The molecule has 1 aliphatic rings. The molecule has 1 amide bonds. The quantitative estimate of drug-likeness (QED) is 0.788. The lowest BCUT2D eigenvalue weighted by Gasteiger charge is -2.17. The standard InChI is InChI=1S/C14H21NO3.C2H6/c1-4-6-12(5-2)10-18-14(17)15-8-7-13(9-15)11(3)16;1-2/h4-6,11,13,16H,1-2,7-10H2,3H3;1-2H3/b12-6+;. The Bertz CT molecular complexity index is 348. The van der Waals surface area contributed by atoms with Gasteiger partial charge in [0.05, 0.1) is 6.10 Å². The Morgan fingerprint density at radius 1 is 1.50 bits per heavy atom. The zero-order chi connectivity index (χ0) is 15.5. The average Bonchev–Trinajstić information content (AvgIpc) is 2.95. The van der Waals surface area contributed by atoms with E-state index in [1.807, 2.05) is 13.8 Å². The van der Waals surface area contributed by atoms with Gasteiger partial charge < -0.3 is 14.7 Å². The summed E-state index contributed by atoms with van der Waals surface area (Å²) in [5, 5.41) is 9.47. The predicted octanol–water partition coefficient (Wildman–Crippen LogP) is 3.15. The van der Waals surface area contributed by atoms with Crippen molar-refractivity contribution in [3.63, 3.8) is 0 Å². The molecular formula is C16H27NO3. The number of aliphatic hydroxyl groups is 1. The van der Waals surface area contributed by atoms with E-state index in [2.05, 4.69) is 13.2 Å². The van der Waals surface area contributed by atoms with Crippen LogP contribution in [0.5, 0.6) is 0 Å². The largest absolute Gasteiger partial charge is 0.445 e. The first-order chi connectivity index (χ1) is 9.58. The van der Waals surface area contributed by atoms with E-state index in [0.717, 1.165) is 12.0 Å². The SMILES string of the molecule is C=C/C=C(\C=C)COC(=O)N1CCC(C(C)O)C1.CC. The number of aliphatic hydroxyl groups excluding tert-OH is 1. The second-order valence-electron chi connectivity index (χ2n) is 4.47. The molecule has 4 nitrogen and oxygen atoms in total. The van der Waals surface area contributed by atoms with Crippen molar-refractivity contribution in [3.8, 4) is 0 Å². The van der Waals surface area contributed by atoms with Crippen LogP contribution in [0.3, 0.4) is 0 Å². The Kier molecular flexibility index (Phi) is 9.47. The molecule has 1 fully saturated rings. The summed E-state index contributed by atoms with van der Waals surface area (Å²) in [5.74, 6) is 0.153. The van der Waals surface area contributed by atoms with Crippen molar-refractivity contribution < 1.29 is 14.6 Å². The van der Waals surface area contributed by atoms with Crippen molar-refractivity contribution in [2.45, 2.75) is 33.3 Å². The number of amides is 1. The second kappa shape index (κ2) is 10.3. The van der Waals surface area contributed by atoms with Gasteiger partial charge in [0.25, 0.3) is 0 Å². The number of nitrogens with zero attached hydrogens (tertiary/aromatic N) is 1. The van der Waals surface area contributed by atoms with Crippen LogP contribution in [-0.4, -0.2) is 41.9 Å². The number of ether oxygens (including phenoxy) is 1. The van der Waals surface area contributed by atoms with E-state index in [1.54, 1.807) is 30.1 Å². The van der Waals surface area contributed by atoms with Crippen LogP contribution < -0.4 is 0 Å². The maximum atomic E-state index is 11.8. The average molecular weight is 281 g/mol. The summed E-state index contributed by atoms with van der Waals surface area (Å²) >= 11 is 0. The molecule has 0 radical (unpaired) electrons. The molecule has 0 aromatic heterocycles. The summed E-state index contributed by atoms with van der Waals surface area (Å²) in [4.78, 5) is 13.4. The minimum Gasteiger partial charge on any atom is -0.445 e. The van der Waals surface area contributed by atoms with Gasteiger partial charge in [0, 0.05) is 19.0 Å². The highest BCUT2D eigenvalue weighted by Crippen LogP contribution is 2.20. The topological polar surface area (TPSA) is 49.8 Å². The van der Waals surface area contributed by atoms with E-state index in [1.165, 1.54) is 0 Å². The van der Waals surface area contributed by atoms with Crippen LogP contribution in [0, 0.1) is 5.92 Å². The van der Waals surface area contributed by atoms with E-state index in [4.69, 9.17) is 4.74 Å². The van der Waals surface area contributed by atoms with Gasteiger partial charge >= 0.3 is 6.09 Å². The first-order valence-corrected chi connectivity index (χ1v) is 7.12. The number of hydrogen-bond acceptors (Lipinski definition) is 3. The normalized spacial score (nSPS) is 19.7. The molecule has 0 aromatic carbocycles. The van der Waals surface area contributed by atoms with Crippen LogP contribution in [0.15, 0.2) is 37.0 Å². The monoisotopic (exact) mass is 281 g/mol. The van der Waals surface area contributed by atoms with E-state index in [-0.39, 0.29) is 24.7 Å². The van der Waals surface area contributed by atoms with Crippen LogP contribution in [0.25, 0.3) is 0 Å². The van der Waals surface area contributed by atoms with Crippen molar-refractivity contribution in [1.29, 1.82) is 0 Å². The molecule has 4 heteroatoms. The fraction of sp³-hybridized carbons (Fsp3) is 0.562. The minimum absolute atomic E-state index is 0.153. The van der Waals surface area contributed by atoms with Crippen molar-refractivity contribution in [2.24, 2.45) is 5.92 Å². The molecule has 0 saturated carbocycles. The molecule has 20 heavy (non-hydrogen) atoms. The minimum atomic E-state index is -0.382. The van der Waals surface area contributed by atoms with Gasteiger partial charge in [-0.2, -0.15) is 0 Å². The molecule has 1 N–H and O–H groups in total. The summed E-state index contributed by atoms with van der Waals surface area (Å²) < 4.78 is 5.18. The van der Waals surface area contributed by atoms with Gasteiger partial charge in [-0.05, 0) is 18.9 Å². The summed E-state index contributed by atoms with van der Waals surface area (Å²) in [6, 6.07) is 0. The van der Waals surface area contributed by atoms with Crippen LogP contribution >= 0.6 is 0 Å². The van der Waals surface area contributed by atoms with E-state index >= 15 is 0 Å². The molecule has 2 unspecified atom stereocenters. The molecule has 0 bridgehead atoms. The highest BCUT2D eigenvalue weighted by molar-refractivity contribution is 5.68. The number of likely N-dealkylation sites (tertiary alicyclic amines) is 1. The Balaban J connectivity index is 0.00000172. The zero-order valence-electron chi connectivity index (χ0n) is 12.8. The number of rotatable bonds is 5. The van der Waals surface area contributed by atoms with Gasteiger partial charge in [0.1, 0.15) is 6.61 Å². The van der Waals surface area contributed by atoms with Gasteiger partial charge in [-0.25, -0.2) is 4.79 Å². The first kappa shape index (κ1) is 18.4. The third kappa shape index (κ3) is 6.06. The highest BCUT2D eigenvalue weighted by Gasteiger charge is 2.29. The van der Waals surface area contributed by atoms with Crippen molar-refractivity contribution >= 4 is 6.09 Å². The van der Waals surface area contributed by atoms with E-state index < -0.39 is 0 Å². The third-order valence-electron chi connectivity index (χ3n) is 3.12. The third-order valence-corrected chi connectivity index (χ3v) is 3.12. The molecule has 0 aromatic rings. The zero-order valence-corrected chi connectivity index (χ0v) is 12.8. The van der Waals surface area contributed by atoms with Crippen molar-refractivity contribution in [3.05, 3.63) is 37.0 Å².